The van der Waals surface area contributed by atoms with Gasteiger partial charge in [-0.05, 0) is 19.1 Å². The third-order valence-corrected chi connectivity index (χ3v) is 3.10. The first-order chi connectivity index (χ1) is 10.2. The fourth-order valence-corrected chi connectivity index (χ4v) is 1.94. The van der Waals surface area contributed by atoms with Gasteiger partial charge in [-0.3, -0.25) is 0 Å². The van der Waals surface area contributed by atoms with Crippen LogP contribution in [-0.4, -0.2) is 25.2 Å². The van der Waals surface area contributed by atoms with Crippen LogP contribution in [0.4, 0.5) is 0 Å². The zero-order valence-corrected chi connectivity index (χ0v) is 11.9. The fraction of sp³-hybridized carbons (Fsp3) is 0.286. The summed E-state index contributed by atoms with van der Waals surface area (Å²) in [5.74, 6) is 1.13. The normalized spacial score (nSPS) is 12.5. The van der Waals surface area contributed by atoms with Crippen LogP contribution in [0.3, 0.4) is 0 Å². The predicted molar refractivity (Wildman–Crippen MR) is 75.6 cm³/mol. The molecule has 7 nitrogen and oxygen atoms in total. The Balaban J connectivity index is 1.65. The first-order valence-electron chi connectivity index (χ1n) is 6.72. The van der Waals surface area contributed by atoms with E-state index < -0.39 is 0 Å². The first kappa shape index (κ1) is 13.4. The fourth-order valence-electron chi connectivity index (χ4n) is 1.94. The Morgan fingerprint density at radius 3 is 2.71 bits per heavy atom. The summed E-state index contributed by atoms with van der Waals surface area (Å²) in [7, 11) is 0. The van der Waals surface area contributed by atoms with Crippen LogP contribution in [0.15, 0.2) is 40.9 Å². The Labute approximate surface area is 122 Å². The van der Waals surface area contributed by atoms with Crippen LogP contribution in [0, 0.1) is 6.92 Å². The minimum Gasteiger partial charge on any atom is -0.424 e. The molecule has 7 heteroatoms. The van der Waals surface area contributed by atoms with Crippen molar-refractivity contribution in [2.75, 3.05) is 0 Å². The molecule has 1 atom stereocenters. The Morgan fingerprint density at radius 1 is 1.19 bits per heavy atom. The van der Waals surface area contributed by atoms with Gasteiger partial charge < -0.3 is 9.73 Å². The Bertz CT molecular complexity index is 705. The highest BCUT2D eigenvalue weighted by Gasteiger charge is 2.12. The number of nitrogens with zero attached hydrogens (tertiary/aromatic N) is 5. The quantitative estimate of drug-likeness (QED) is 0.769. The maximum absolute atomic E-state index is 5.32. The number of hydrogen-bond acceptors (Lipinski definition) is 6. The minimum absolute atomic E-state index is 0.0367. The van der Waals surface area contributed by atoms with Gasteiger partial charge in [-0.15, -0.1) is 15.3 Å². The Kier molecular flexibility index (Phi) is 3.74. The molecular weight excluding hydrogens is 268 g/mol. The average molecular weight is 284 g/mol. The zero-order valence-electron chi connectivity index (χ0n) is 11.9. The van der Waals surface area contributed by atoms with Gasteiger partial charge in [0, 0.05) is 6.92 Å². The molecule has 0 aliphatic heterocycles. The van der Waals surface area contributed by atoms with E-state index in [4.69, 9.17) is 4.42 Å². The van der Waals surface area contributed by atoms with E-state index in [0.29, 0.717) is 18.3 Å². The lowest BCUT2D eigenvalue weighted by molar-refractivity contribution is 0.428. The third-order valence-electron chi connectivity index (χ3n) is 3.10. The first-order valence-corrected chi connectivity index (χ1v) is 6.72. The van der Waals surface area contributed by atoms with E-state index in [1.807, 2.05) is 43.5 Å². The highest BCUT2D eigenvalue weighted by Crippen LogP contribution is 2.12. The van der Waals surface area contributed by atoms with E-state index in [0.717, 1.165) is 11.4 Å². The SMILES string of the molecule is Cc1nnc(CN[C@H](C)c2cn(-c3ccccc3)nn2)o1. The van der Waals surface area contributed by atoms with Crippen molar-refractivity contribution in [2.45, 2.75) is 26.4 Å². The number of aromatic nitrogens is 5. The van der Waals surface area contributed by atoms with Crippen molar-refractivity contribution in [2.24, 2.45) is 0 Å². The molecule has 2 aromatic heterocycles. The third kappa shape index (κ3) is 3.14. The average Bonchev–Trinajstić information content (AvgIpc) is 3.15. The molecular formula is C14H16N6O. The van der Waals surface area contributed by atoms with Crippen LogP contribution in [0.2, 0.25) is 0 Å². The van der Waals surface area contributed by atoms with Crippen LogP contribution < -0.4 is 5.32 Å². The van der Waals surface area contributed by atoms with Crippen molar-refractivity contribution < 1.29 is 4.42 Å². The summed E-state index contributed by atoms with van der Waals surface area (Å²) in [5.41, 5.74) is 1.84. The van der Waals surface area contributed by atoms with E-state index in [2.05, 4.69) is 25.8 Å². The largest absolute Gasteiger partial charge is 0.424 e. The topological polar surface area (TPSA) is 81.7 Å². The van der Waals surface area contributed by atoms with E-state index >= 15 is 0 Å². The van der Waals surface area contributed by atoms with Crippen molar-refractivity contribution in [1.82, 2.24) is 30.5 Å². The van der Waals surface area contributed by atoms with E-state index in [1.165, 1.54) is 0 Å². The van der Waals surface area contributed by atoms with E-state index in [-0.39, 0.29) is 6.04 Å². The molecule has 3 aromatic rings. The predicted octanol–water partition coefficient (Wildman–Crippen LogP) is 1.81. The lowest BCUT2D eigenvalue weighted by Gasteiger charge is -2.08. The number of para-hydroxylation sites is 1. The Hall–Kier alpha value is -2.54. The highest BCUT2D eigenvalue weighted by molar-refractivity contribution is 5.30. The summed E-state index contributed by atoms with van der Waals surface area (Å²) in [6.45, 7) is 4.29. The summed E-state index contributed by atoms with van der Waals surface area (Å²) in [4.78, 5) is 0. The van der Waals surface area contributed by atoms with Gasteiger partial charge in [0.25, 0.3) is 0 Å². The molecule has 21 heavy (non-hydrogen) atoms. The van der Waals surface area contributed by atoms with Crippen molar-refractivity contribution in [1.29, 1.82) is 0 Å². The summed E-state index contributed by atoms with van der Waals surface area (Å²) < 4.78 is 7.07. The smallest absolute Gasteiger partial charge is 0.230 e. The molecule has 0 aliphatic carbocycles. The molecule has 0 amide bonds. The second-order valence-electron chi connectivity index (χ2n) is 4.74. The van der Waals surface area contributed by atoms with E-state index in [9.17, 15) is 0 Å². The summed E-state index contributed by atoms with van der Waals surface area (Å²) in [5, 5.41) is 19.4. The van der Waals surface area contributed by atoms with Gasteiger partial charge in [0.1, 0.15) is 0 Å². The van der Waals surface area contributed by atoms with Crippen LogP contribution >= 0.6 is 0 Å². The summed E-state index contributed by atoms with van der Waals surface area (Å²) in [6, 6.07) is 9.91. The second-order valence-corrected chi connectivity index (χ2v) is 4.74. The molecule has 3 rings (SSSR count). The van der Waals surface area contributed by atoms with Gasteiger partial charge in [0.15, 0.2) is 0 Å². The molecule has 1 N–H and O–H groups in total. The maximum Gasteiger partial charge on any atom is 0.230 e. The van der Waals surface area contributed by atoms with Gasteiger partial charge in [-0.2, -0.15) is 0 Å². The molecule has 0 saturated carbocycles. The number of aryl methyl sites for hydroxylation is 1. The number of rotatable bonds is 5. The van der Waals surface area contributed by atoms with Crippen LogP contribution in [0.5, 0.6) is 0 Å². The highest BCUT2D eigenvalue weighted by atomic mass is 16.4. The molecule has 0 bridgehead atoms. The monoisotopic (exact) mass is 284 g/mol. The summed E-state index contributed by atoms with van der Waals surface area (Å²) >= 11 is 0. The van der Waals surface area contributed by atoms with Crippen molar-refractivity contribution in [3.63, 3.8) is 0 Å². The molecule has 0 spiro atoms. The van der Waals surface area contributed by atoms with Crippen LogP contribution in [0.1, 0.15) is 30.4 Å². The second kappa shape index (κ2) is 5.84. The lowest BCUT2D eigenvalue weighted by atomic mass is 10.2. The molecule has 0 unspecified atom stereocenters. The summed E-state index contributed by atoms with van der Waals surface area (Å²) in [6.07, 6.45) is 1.91. The molecule has 0 aliphatic rings. The van der Waals surface area contributed by atoms with Crippen LogP contribution in [-0.2, 0) is 6.54 Å². The van der Waals surface area contributed by atoms with Gasteiger partial charge in [0.2, 0.25) is 11.8 Å². The van der Waals surface area contributed by atoms with Gasteiger partial charge >= 0.3 is 0 Å². The Morgan fingerprint density at radius 2 is 2.00 bits per heavy atom. The number of benzene rings is 1. The van der Waals surface area contributed by atoms with Gasteiger partial charge in [0.05, 0.1) is 30.2 Å². The van der Waals surface area contributed by atoms with Gasteiger partial charge in [-0.1, -0.05) is 23.4 Å². The van der Waals surface area contributed by atoms with Crippen molar-refractivity contribution in [3.05, 3.63) is 54.0 Å². The van der Waals surface area contributed by atoms with Crippen molar-refractivity contribution in [3.8, 4) is 5.69 Å². The lowest BCUT2D eigenvalue weighted by Crippen LogP contribution is -2.18. The number of nitrogens with one attached hydrogen (secondary N) is 1. The zero-order chi connectivity index (χ0) is 14.7. The number of hydrogen-bond donors (Lipinski definition) is 1. The van der Waals surface area contributed by atoms with Gasteiger partial charge in [-0.25, -0.2) is 4.68 Å². The van der Waals surface area contributed by atoms with Crippen LogP contribution in [0.25, 0.3) is 5.69 Å². The standard InChI is InChI=1S/C14H16N6O/c1-10(15-8-14-18-16-11(2)21-14)13-9-20(19-17-13)12-6-4-3-5-7-12/h3-7,9-10,15H,8H2,1-2H3/t10-/m1/s1. The molecule has 0 saturated heterocycles. The molecule has 108 valence electrons. The molecule has 0 fully saturated rings. The molecule has 1 aromatic carbocycles. The maximum atomic E-state index is 5.32. The molecule has 2 heterocycles. The minimum atomic E-state index is 0.0367. The van der Waals surface area contributed by atoms with E-state index in [1.54, 1.807) is 11.6 Å². The van der Waals surface area contributed by atoms with Crippen molar-refractivity contribution >= 4 is 0 Å². The molecule has 0 radical (unpaired) electrons.